The molecule has 0 saturated carbocycles. The molecule has 2 rings (SSSR count). The normalized spacial score (nSPS) is 14.7. The Morgan fingerprint density at radius 3 is 3.11 bits per heavy atom. The first-order valence-corrected chi connectivity index (χ1v) is 2.56. The van der Waals surface area contributed by atoms with E-state index in [9.17, 15) is 0 Å². The number of rotatable bonds is 0. The van der Waals surface area contributed by atoms with Gasteiger partial charge in [-0.3, -0.25) is 4.98 Å². The van der Waals surface area contributed by atoms with Crippen molar-refractivity contribution in [1.29, 1.82) is 0 Å². The molecule has 2 heterocycles. The van der Waals surface area contributed by atoms with Crippen LogP contribution in [0.4, 0.5) is 0 Å². The van der Waals surface area contributed by atoms with E-state index >= 15 is 0 Å². The van der Waals surface area contributed by atoms with E-state index < -0.39 is 0 Å². The van der Waals surface area contributed by atoms with Crippen LogP contribution in [0, 0.1) is 0 Å². The molecule has 1 aliphatic rings. The van der Waals surface area contributed by atoms with Crippen molar-refractivity contribution in [1.82, 2.24) is 9.97 Å². The minimum absolute atomic E-state index is 0.406. The number of fused-ring (bicyclic) bond motifs is 1. The van der Waals surface area contributed by atoms with Gasteiger partial charge in [0.15, 0.2) is 0 Å². The van der Waals surface area contributed by atoms with Crippen molar-refractivity contribution in [3.63, 3.8) is 0 Å². The van der Waals surface area contributed by atoms with Crippen LogP contribution in [0.15, 0.2) is 12.4 Å². The van der Waals surface area contributed by atoms with E-state index in [1.165, 1.54) is 0 Å². The standard InChI is InChI=1S/C5H4N2O2/c1-2-7-5-4(6-1)3-8-9-5/h1-2H,3H2. The summed E-state index contributed by atoms with van der Waals surface area (Å²) in [4.78, 5) is 17.0. The summed E-state index contributed by atoms with van der Waals surface area (Å²) in [6.07, 6.45) is 3.17. The quantitative estimate of drug-likeness (QED) is 0.466. The van der Waals surface area contributed by atoms with Crippen LogP contribution in [-0.4, -0.2) is 9.97 Å². The molecule has 4 nitrogen and oxygen atoms in total. The van der Waals surface area contributed by atoms with Gasteiger partial charge in [-0.05, 0) is 0 Å². The van der Waals surface area contributed by atoms with Gasteiger partial charge in [0.25, 0.3) is 5.88 Å². The lowest BCUT2D eigenvalue weighted by atomic mass is 10.5. The molecular weight excluding hydrogens is 120 g/mol. The van der Waals surface area contributed by atoms with E-state index in [4.69, 9.17) is 0 Å². The summed E-state index contributed by atoms with van der Waals surface area (Å²) in [5.41, 5.74) is 0.762. The molecule has 0 radical (unpaired) electrons. The predicted molar refractivity (Wildman–Crippen MR) is 27.4 cm³/mol. The van der Waals surface area contributed by atoms with Crippen LogP contribution in [0.3, 0.4) is 0 Å². The first kappa shape index (κ1) is 4.69. The SMILES string of the molecule is c1cnc2c(n1)COO2. The van der Waals surface area contributed by atoms with Crippen molar-refractivity contribution < 1.29 is 9.78 Å². The summed E-state index contributed by atoms with van der Waals surface area (Å²) < 4.78 is 0. The van der Waals surface area contributed by atoms with Crippen LogP contribution < -0.4 is 4.89 Å². The van der Waals surface area contributed by atoms with Gasteiger partial charge in [-0.2, -0.15) is 4.89 Å². The Labute approximate surface area is 51.4 Å². The van der Waals surface area contributed by atoms with Crippen LogP contribution in [-0.2, 0) is 11.5 Å². The average Bonchev–Trinajstić information content (AvgIpc) is 2.33. The molecule has 0 unspecified atom stereocenters. The third kappa shape index (κ3) is 0.639. The Morgan fingerprint density at radius 2 is 2.22 bits per heavy atom. The van der Waals surface area contributed by atoms with Crippen molar-refractivity contribution in [3.05, 3.63) is 18.1 Å². The molecule has 4 heteroatoms. The monoisotopic (exact) mass is 124 g/mol. The summed E-state index contributed by atoms with van der Waals surface area (Å²) >= 11 is 0. The molecule has 1 aromatic rings. The highest BCUT2D eigenvalue weighted by Gasteiger charge is 2.14. The highest BCUT2D eigenvalue weighted by Crippen LogP contribution is 2.18. The molecule has 0 N–H and O–H groups in total. The summed E-state index contributed by atoms with van der Waals surface area (Å²) in [6, 6.07) is 0. The topological polar surface area (TPSA) is 44.2 Å². The zero-order chi connectivity index (χ0) is 6.10. The van der Waals surface area contributed by atoms with E-state index in [2.05, 4.69) is 19.7 Å². The first-order chi connectivity index (χ1) is 4.47. The van der Waals surface area contributed by atoms with Gasteiger partial charge < -0.3 is 4.89 Å². The molecule has 0 atom stereocenters. The Bertz CT molecular complexity index is 203. The minimum Gasteiger partial charge on any atom is -0.314 e. The molecule has 0 spiro atoms. The van der Waals surface area contributed by atoms with Crippen molar-refractivity contribution in [3.8, 4) is 5.88 Å². The smallest absolute Gasteiger partial charge is 0.280 e. The van der Waals surface area contributed by atoms with Gasteiger partial charge in [0, 0.05) is 12.4 Å². The molecule has 0 amide bonds. The van der Waals surface area contributed by atoms with E-state index in [-0.39, 0.29) is 0 Å². The molecule has 0 aromatic carbocycles. The largest absolute Gasteiger partial charge is 0.314 e. The summed E-state index contributed by atoms with van der Waals surface area (Å²) in [5, 5.41) is 0. The fourth-order valence-electron chi connectivity index (χ4n) is 0.664. The summed E-state index contributed by atoms with van der Waals surface area (Å²) in [5.74, 6) is 0.484. The van der Waals surface area contributed by atoms with Crippen molar-refractivity contribution in [2.24, 2.45) is 0 Å². The fraction of sp³-hybridized carbons (Fsp3) is 0.200. The van der Waals surface area contributed by atoms with Crippen molar-refractivity contribution in [2.75, 3.05) is 0 Å². The minimum atomic E-state index is 0.406. The third-order valence-corrected chi connectivity index (χ3v) is 1.07. The molecule has 0 saturated heterocycles. The molecule has 9 heavy (non-hydrogen) atoms. The van der Waals surface area contributed by atoms with E-state index in [1.807, 2.05) is 0 Å². The van der Waals surface area contributed by atoms with Crippen LogP contribution in [0.2, 0.25) is 0 Å². The second-order valence-corrected chi connectivity index (χ2v) is 1.65. The highest BCUT2D eigenvalue weighted by molar-refractivity contribution is 5.17. The van der Waals surface area contributed by atoms with Crippen LogP contribution in [0.25, 0.3) is 0 Å². The molecule has 0 aliphatic carbocycles. The molecule has 0 fully saturated rings. The Hall–Kier alpha value is -1.16. The van der Waals surface area contributed by atoms with Crippen LogP contribution >= 0.6 is 0 Å². The highest BCUT2D eigenvalue weighted by atomic mass is 17.2. The number of aromatic nitrogens is 2. The number of nitrogens with zero attached hydrogens (tertiary/aromatic N) is 2. The lowest BCUT2D eigenvalue weighted by molar-refractivity contribution is -0.197. The maximum Gasteiger partial charge on any atom is 0.280 e. The van der Waals surface area contributed by atoms with E-state index in [0.717, 1.165) is 5.69 Å². The Morgan fingerprint density at radius 1 is 1.33 bits per heavy atom. The summed E-state index contributed by atoms with van der Waals surface area (Å²) in [7, 11) is 0. The molecule has 46 valence electrons. The third-order valence-electron chi connectivity index (χ3n) is 1.07. The van der Waals surface area contributed by atoms with Gasteiger partial charge in [0.1, 0.15) is 12.3 Å². The first-order valence-electron chi connectivity index (χ1n) is 2.56. The maximum atomic E-state index is 4.62. The maximum absolute atomic E-state index is 4.62. The van der Waals surface area contributed by atoms with Gasteiger partial charge in [-0.15, -0.1) is 0 Å². The van der Waals surface area contributed by atoms with E-state index in [1.54, 1.807) is 12.4 Å². The van der Waals surface area contributed by atoms with Crippen molar-refractivity contribution >= 4 is 0 Å². The van der Waals surface area contributed by atoms with Gasteiger partial charge in [-0.25, -0.2) is 4.98 Å². The predicted octanol–water partition coefficient (Wildman–Crippen LogP) is 0.301. The second-order valence-electron chi connectivity index (χ2n) is 1.65. The Kier molecular flexibility index (Phi) is 0.868. The van der Waals surface area contributed by atoms with Gasteiger partial charge in [0.2, 0.25) is 0 Å². The lowest BCUT2D eigenvalue weighted by Crippen LogP contribution is -1.84. The summed E-state index contributed by atoms with van der Waals surface area (Å²) in [6.45, 7) is 0.406. The zero-order valence-corrected chi connectivity index (χ0v) is 4.57. The van der Waals surface area contributed by atoms with E-state index in [0.29, 0.717) is 12.5 Å². The molecule has 0 bridgehead atoms. The number of hydrogen-bond acceptors (Lipinski definition) is 4. The second kappa shape index (κ2) is 1.66. The molecule has 1 aliphatic heterocycles. The molecule has 1 aromatic heterocycles. The van der Waals surface area contributed by atoms with Crippen LogP contribution in [0.5, 0.6) is 5.88 Å². The van der Waals surface area contributed by atoms with Crippen LogP contribution in [0.1, 0.15) is 5.69 Å². The van der Waals surface area contributed by atoms with Gasteiger partial charge >= 0.3 is 0 Å². The fourth-order valence-corrected chi connectivity index (χ4v) is 0.664. The molecular formula is C5H4N2O2. The van der Waals surface area contributed by atoms with Crippen molar-refractivity contribution in [2.45, 2.75) is 6.61 Å². The Balaban J connectivity index is 2.54. The lowest BCUT2D eigenvalue weighted by Gasteiger charge is -1.87. The zero-order valence-electron chi connectivity index (χ0n) is 4.57. The average molecular weight is 124 g/mol. The van der Waals surface area contributed by atoms with Gasteiger partial charge in [-0.1, -0.05) is 0 Å². The number of hydrogen-bond donors (Lipinski definition) is 0. The van der Waals surface area contributed by atoms with Gasteiger partial charge in [0.05, 0.1) is 0 Å².